The van der Waals surface area contributed by atoms with Crippen molar-refractivity contribution in [2.75, 3.05) is 6.61 Å². The van der Waals surface area contributed by atoms with Gasteiger partial charge in [0.05, 0.1) is 19.4 Å². The third kappa shape index (κ3) is 7.77. The number of amides is 1. The maximum atomic E-state index is 12.1. The lowest BCUT2D eigenvalue weighted by atomic mass is 10.1. The highest BCUT2D eigenvalue weighted by atomic mass is 16.5. The molecule has 1 N–H and O–H groups in total. The van der Waals surface area contributed by atoms with Gasteiger partial charge in [0, 0.05) is 5.56 Å². The minimum atomic E-state index is -0.115. The SMILES string of the molecule is CCCCCCCCCCOc1ccc(C(=O)NCc2ccco2)cc1. The molecule has 0 saturated heterocycles. The van der Waals surface area contributed by atoms with Gasteiger partial charge in [0.15, 0.2) is 0 Å². The van der Waals surface area contributed by atoms with Crippen LogP contribution in [0.3, 0.4) is 0 Å². The molecular formula is C22H31NO3. The quantitative estimate of drug-likeness (QED) is 0.466. The van der Waals surface area contributed by atoms with E-state index in [0.717, 1.165) is 24.5 Å². The lowest BCUT2D eigenvalue weighted by molar-refractivity contribution is 0.0948. The molecule has 0 aliphatic heterocycles. The van der Waals surface area contributed by atoms with Crippen molar-refractivity contribution in [3.8, 4) is 5.75 Å². The first-order valence-corrected chi connectivity index (χ1v) is 9.83. The number of ether oxygens (including phenoxy) is 1. The molecule has 4 nitrogen and oxygen atoms in total. The molecule has 0 spiro atoms. The maximum Gasteiger partial charge on any atom is 0.251 e. The molecule has 0 fully saturated rings. The minimum absolute atomic E-state index is 0.115. The van der Waals surface area contributed by atoms with Gasteiger partial charge in [-0.25, -0.2) is 0 Å². The van der Waals surface area contributed by atoms with Crippen molar-refractivity contribution in [1.82, 2.24) is 5.32 Å². The lowest BCUT2D eigenvalue weighted by Crippen LogP contribution is -2.22. The van der Waals surface area contributed by atoms with Gasteiger partial charge in [-0.1, -0.05) is 51.9 Å². The first kappa shape index (κ1) is 20.1. The molecule has 1 aromatic heterocycles. The Labute approximate surface area is 156 Å². The second kappa shape index (κ2) is 12.2. The number of hydrogen-bond donors (Lipinski definition) is 1. The van der Waals surface area contributed by atoms with Crippen LogP contribution in [0.25, 0.3) is 0 Å². The lowest BCUT2D eigenvalue weighted by Gasteiger charge is -2.08. The molecule has 4 heteroatoms. The molecule has 0 aliphatic carbocycles. The Kier molecular flexibility index (Phi) is 9.41. The first-order chi connectivity index (χ1) is 12.8. The summed E-state index contributed by atoms with van der Waals surface area (Å²) < 4.78 is 11.0. The van der Waals surface area contributed by atoms with Gasteiger partial charge < -0.3 is 14.5 Å². The number of hydrogen-bond acceptors (Lipinski definition) is 3. The van der Waals surface area contributed by atoms with Gasteiger partial charge in [0.2, 0.25) is 0 Å². The Morgan fingerprint density at radius 1 is 0.962 bits per heavy atom. The van der Waals surface area contributed by atoms with Gasteiger partial charge in [-0.05, 0) is 42.8 Å². The van der Waals surface area contributed by atoms with Crippen molar-refractivity contribution in [2.24, 2.45) is 0 Å². The third-order valence-electron chi connectivity index (χ3n) is 4.39. The molecule has 0 radical (unpaired) electrons. The van der Waals surface area contributed by atoms with Crippen LogP contribution < -0.4 is 10.1 Å². The molecule has 1 amide bonds. The summed E-state index contributed by atoms with van der Waals surface area (Å²) in [4.78, 5) is 12.1. The van der Waals surface area contributed by atoms with E-state index in [0.29, 0.717) is 12.1 Å². The third-order valence-corrected chi connectivity index (χ3v) is 4.39. The van der Waals surface area contributed by atoms with Gasteiger partial charge >= 0.3 is 0 Å². The minimum Gasteiger partial charge on any atom is -0.494 e. The second-order valence-electron chi connectivity index (χ2n) is 6.61. The van der Waals surface area contributed by atoms with Crippen LogP contribution in [0.1, 0.15) is 74.4 Å². The Balaban J connectivity index is 1.57. The molecule has 2 aromatic rings. The van der Waals surface area contributed by atoms with Gasteiger partial charge in [0.25, 0.3) is 5.91 Å². The summed E-state index contributed by atoms with van der Waals surface area (Å²) in [5.41, 5.74) is 0.621. The van der Waals surface area contributed by atoms with Gasteiger partial charge in [-0.2, -0.15) is 0 Å². The normalized spacial score (nSPS) is 10.7. The summed E-state index contributed by atoms with van der Waals surface area (Å²) >= 11 is 0. The highest BCUT2D eigenvalue weighted by molar-refractivity contribution is 5.94. The predicted octanol–water partition coefficient (Wildman–Crippen LogP) is 5.73. The summed E-state index contributed by atoms with van der Waals surface area (Å²) in [7, 11) is 0. The fourth-order valence-corrected chi connectivity index (χ4v) is 2.81. The average Bonchev–Trinajstić information content (AvgIpc) is 3.19. The topological polar surface area (TPSA) is 51.5 Å². The zero-order chi connectivity index (χ0) is 18.5. The van der Waals surface area contributed by atoms with Crippen LogP contribution in [0.2, 0.25) is 0 Å². The van der Waals surface area contributed by atoms with Crippen molar-refractivity contribution in [2.45, 2.75) is 64.8 Å². The van der Waals surface area contributed by atoms with Crippen molar-refractivity contribution in [3.05, 3.63) is 54.0 Å². The largest absolute Gasteiger partial charge is 0.494 e. The van der Waals surface area contributed by atoms with E-state index >= 15 is 0 Å². The molecule has 0 aliphatic rings. The molecule has 0 atom stereocenters. The number of rotatable bonds is 13. The van der Waals surface area contributed by atoms with E-state index in [9.17, 15) is 4.79 Å². The number of carbonyl (C=O) groups excluding carboxylic acids is 1. The number of benzene rings is 1. The Morgan fingerprint density at radius 2 is 1.65 bits per heavy atom. The number of nitrogens with one attached hydrogen (secondary N) is 1. The highest BCUT2D eigenvalue weighted by Crippen LogP contribution is 2.14. The van der Waals surface area contributed by atoms with Gasteiger partial charge in [0.1, 0.15) is 11.5 Å². The van der Waals surface area contributed by atoms with Crippen LogP contribution in [0.15, 0.2) is 47.1 Å². The molecule has 2 rings (SSSR count). The summed E-state index contributed by atoms with van der Waals surface area (Å²) in [5, 5.41) is 2.83. The predicted molar refractivity (Wildman–Crippen MR) is 104 cm³/mol. The Hall–Kier alpha value is -2.23. The standard InChI is InChI=1S/C22H31NO3/c1-2-3-4-5-6-7-8-9-16-25-20-14-12-19(13-15-20)22(24)23-18-21-11-10-17-26-21/h10-15,17H,2-9,16,18H2,1H3,(H,23,24). The van der Waals surface area contributed by atoms with E-state index in [2.05, 4.69) is 12.2 Å². The zero-order valence-electron chi connectivity index (χ0n) is 15.8. The molecule has 0 unspecified atom stereocenters. The number of unbranched alkanes of at least 4 members (excludes halogenated alkanes) is 7. The first-order valence-electron chi connectivity index (χ1n) is 9.83. The van der Waals surface area contributed by atoms with E-state index in [4.69, 9.17) is 9.15 Å². The summed E-state index contributed by atoms with van der Waals surface area (Å²) in [6, 6.07) is 10.9. The van der Waals surface area contributed by atoms with E-state index in [1.54, 1.807) is 24.5 Å². The molecular weight excluding hydrogens is 326 g/mol. The van der Waals surface area contributed by atoms with Crippen LogP contribution >= 0.6 is 0 Å². The van der Waals surface area contributed by atoms with E-state index in [1.807, 2.05) is 18.2 Å². The van der Waals surface area contributed by atoms with E-state index < -0.39 is 0 Å². The molecule has 1 heterocycles. The monoisotopic (exact) mass is 357 g/mol. The maximum absolute atomic E-state index is 12.1. The fourth-order valence-electron chi connectivity index (χ4n) is 2.81. The molecule has 0 saturated carbocycles. The summed E-state index contributed by atoms with van der Waals surface area (Å²) in [6.07, 6.45) is 11.9. The molecule has 1 aromatic carbocycles. The highest BCUT2D eigenvalue weighted by Gasteiger charge is 2.06. The summed E-state index contributed by atoms with van der Waals surface area (Å²) in [6.45, 7) is 3.37. The fraction of sp³-hybridized carbons (Fsp3) is 0.500. The molecule has 0 bridgehead atoms. The van der Waals surface area contributed by atoms with Crippen LogP contribution in [-0.4, -0.2) is 12.5 Å². The van der Waals surface area contributed by atoms with Crippen LogP contribution in [0.4, 0.5) is 0 Å². The average molecular weight is 357 g/mol. The van der Waals surface area contributed by atoms with Crippen molar-refractivity contribution < 1.29 is 13.9 Å². The van der Waals surface area contributed by atoms with Crippen molar-refractivity contribution in [1.29, 1.82) is 0 Å². The van der Waals surface area contributed by atoms with Crippen LogP contribution in [-0.2, 0) is 6.54 Å². The Morgan fingerprint density at radius 3 is 2.31 bits per heavy atom. The number of carbonyl (C=O) groups is 1. The van der Waals surface area contributed by atoms with Crippen molar-refractivity contribution in [3.63, 3.8) is 0 Å². The smallest absolute Gasteiger partial charge is 0.251 e. The Bertz CT molecular complexity index is 605. The van der Waals surface area contributed by atoms with Crippen LogP contribution in [0, 0.1) is 0 Å². The number of furan rings is 1. The molecule has 142 valence electrons. The second-order valence-corrected chi connectivity index (χ2v) is 6.61. The van der Waals surface area contributed by atoms with E-state index in [1.165, 1.54) is 44.9 Å². The molecule has 26 heavy (non-hydrogen) atoms. The van der Waals surface area contributed by atoms with Crippen molar-refractivity contribution >= 4 is 5.91 Å². The summed E-state index contributed by atoms with van der Waals surface area (Å²) in [5.74, 6) is 1.44. The van der Waals surface area contributed by atoms with Gasteiger partial charge in [-0.3, -0.25) is 4.79 Å². The van der Waals surface area contributed by atoms with E-state index in [-0.39, 0.29) is 5.91 Å². The van der Waals surface area contributed by atoms with Gasteiger partial charge in [-0.15, -0.1) is 0 Å². The zero-order valence-corrected chi connectivity index (χ0v) is 15.8. The van der Waals surface area contributed by atoms with Crippen LogP contribution in [0.5, 0.6) is 5.75 Å².